The Balaban J connectivity index is 1.42. The molecule has 1 heterocycles. The van der Waals surface area contributed by atoms with E-state index >= 15 is 0 Å². The normalized spacial score (nSPS) is 10.9. The molecule has 0 spiro atoms. The zero-order chi connectivity index (χ0) is 20.2. The maximum Gasteiger partial charge on any atom is 0.234 e. The van der Waals surface area contributed by atoms with Crippen molar-refractivity contribution in [3.8, 4) is 0 Å². The highest BCUT2D eigenvalue weighted by Crippen LogP contribution is 2.22. The quantitative estimate of drug-likeness (QED) is 0.327. The van der Waals surface area contributed by atoms with Gasteiger partial charge in [0.1, 0.15) is 0 Å². The molecule has 3 aromatic carbocycles. The molecular weight excluding hydrogens is 450 g/mol. The standard InChI is InChI=1S/C21H18BrN5OS/c22-16-8-4-9-17(12-16)24-20(28)13-29-21-26-25-19(27(21)23)11-15-7-3-6-14-5-1-2-10-18(14)15/h1-10,12H,11,13,23H2,(H,24,28). The van der Waals surface area contributed by atoms with E-state index in [0.29, 0.717) is 17.4 Å². The zero-order valence-corrected chi connectivity index (χ0v) is 17.8. The molecule has 0 saturated carbocycles. The van der Waals surface area contributed by atoms with Crippen molar-refractivity contribution in [3.05, 3.63) is 82.6 Å². The second kappa shape index (κ2) is 8.67. The highest BCUT2D eigenvalue weighted by molar-refractivity contribution is 9.10. The minimum absolute atomic E-state index is 0.133. The SMILES string of the molecule is Nn1c(Cc2cccc3ccccc23)nnc1SCC(=O)Nc1cccc(Br)c1. The monoisotopic (exact) mass is 467 g/mol. The van der Waals surface area contributed by atoms with E-state index in [9.17, 15) is 4.79 Å². The third kappa shape index (κ3) is 4.60. The van der Waals surface area contributed by atoms with Crippen LogP contribution in [0.15, 0.2) is 76.4 Å². The zero-order valence-electron chi connectivity index (χ0n) is 15.4. The average Bonchev–Trinajstić information content (AvgIpc) is 3.06. The van der Waals surface area contributed by atoms with Crippen LogP contribution in [0, 0.1) is 0 Å². The summed E-state index contributed by atoms with van der Waals surface area (Å²) in [5, 5.41) is 14.1. The summed E-state index contributed by atoms with van der Waals surface area (Å²) in [5.74, 6) is 6.89. The second-order valence-electron chi connectivity index (χ2n) is 6.43. The van der Waals surface area contributed by atoms with Crippen LogP contribution >= 0.6 is 27.7 Å². The van der Waals surface area contributed by atoms with Crippen molar-refractivity contribution in [3.63, 3.8) is 0 Å². The van der Waals surface area contributed by atoms with Crippen molar-refractivity contribution in [2.45, 2.75) is 11.6 Å². The van der Waals surface area contributed by atoms with Gasteiger partial charge in [-0.05, 0) is 34.5 Å². The van der Waals surface area contributed by atoms with Crippen molar-refractivity contribution in [2.75, 3.05) is 16.9 Å². The summed E-state index contributed by atoms with van der Waals surface area (Å²) in [5.41, 5.74) is 1.86. The number of nitrogens with one attached hydrogen (secondary N) is 1. The van der Waals surface area contributed by atoms with E-state index < -0.39 is 0 Å². The molecule has 0 atom stereocenters. The van der Waals surface area contributed by atoms with Crippen molar-refractivity contribution < 1.29 is 4.79 Å². The Bertz CT molecular complexity index is 1170. The predicted octanol–water partition coefficient (Wildman–Crippen LogP) is 4.23. The first-order valence-corrected chi connectivity index (χ1v) is 10.7. The molecule has 1 amide bonds. The van der Waals surface area contributed by atoms with E-state index in [4.69, 9.17) is 5.84 Å². The molecule has 0 bridgehead atoms. The van der Waals surface area contributed by atoms with E-state index in [1.54, 1.807) is 0 Å². The second-order valence-corrected chi connectivity index (χ2v) is 8.29. The van der Waals surface area contributed by atoms with Gasteiger partial charge in [-0.1, -0.05) is 76.2 Å². The lowest BCUT2D eigenvalue weighted by Crippen LogP contribution is -2.17. The fourth-order valence-electron chi connectivity index (χ4n) is 3.04. The maximum atomic E-state index is 12.2. The van der Waals surface area contributed by atoms with E-state index in [-0.39, 0.29) is 11.7 Å². The first-order valence-electron chi connectivity index (χ1n) is 8.94. The van der Waals surface area contributed by atoms with Crippen LogP contribution in [0.5, 0.6) is 0 Å². The van der Waals surface area contributed by atoms with E-state index in [0.717, 1.165) is 15.7 Å². The number of thioether (sulfide) groups is 1. The van der Waals surface area contributed by atoms with Crippen LogP contribution in [-0.2, 0) is 11.2 Å². The molecule has 3 N–H and O–H groups in total. The summed E-state index contributed by atoms with van der Waals surface area (Å²) in [4.78, 5) is 12.2. The summed E-state index contributed by atoms with van der Waals surface area (Å²) >= 11 is 4.64. The molecule has 0 fully saturated rings. The molecule has 29 heavy (non-hydrogen) atoms. The first-order chi connectivity index (χ1) is 14.1. The number of carbonyl (C=O) groups excluding carboxylic acids is 1. The Morgan fingerprint density at radius 1 is 1.07 bits per heavy atom. The lowest BCUT2D eigenvalue weighted by molar-refractivity contribution is -0.113. The molecule has 6 nitrogen and oxygen atoms in total. The number of rotatable bonds is 6. The highest BCUT2D eigenvalue weighted by atomic mass is 79.9. The van der Waals surface area contributed by atoms with Crippen LogP contribution in [0.1, 0.15) is 11.4 Å². The van der Waals surface area contributed by atoms with Crippen LogP contribution in [0.2, 0.25) is 0 Å². The Labute approximate surface area is 180 Å². The summed E-state index contributed by atoms with van der Waals surface area (Å²) in [6.45, 7) is 0. The third-order valence-electron chi connectivity index (χ3n) is 4.40. The number of hydrogen-bond acceptors (Lipinski definition) is 5. The molecular formula is C21H18BrN5OS. The van der Waals surface area contributed by atoms with Gasteiger partial charge in [-0.25, -0.2) is 4.68 Å². The van der Waals surface area contributed by atoms with Crippen molar-refractivity contribution >= 4 is 50.1 Å². The summed E-state index contributed by atoms with van der Waals surface area (Å²) in [6, 6.07) is 21.8. The Kier molecular flexibility index (Phi) is 5.82. The number of aromatic nitrogens is 3. The van der Waals surface area contributed by atoms with Crippen molar-refractivity contribution in [1.29, 1.82) is 0 Å². The van der Waals surface area contributed by atoms with Gasteiger partial charge in [0.15, 0.2) is 5.82 Å². The number of hydrogen-bond donors (Lipinski definition) is 2. The summed E-state index contributed by atoms with van der Waals surface area (Å²) < 4.78 is 2.36. The van der Waals surface area contributed by atoms with Crippen molar-refractivity contribution in [2.24, 2.45) is 0 Å². The van der Waals surface area contributed by atoms with Gasteiger partial charge in [-0.2, -0.15) is 0 Å². The van der Waals surface area contributed by atoms with Crippen molar-refractivity contribution in [1.82, 2.24) is 14.9 Å². The molecule has 8 heteroatoms. The Hall–Kier alpha value is -2.84. The highest BCUT2D eigenvalue weighted by Gasteiger charge is 2.14. The van der Waals surface area contributed by atoms with E-state index in [2.05, 4.69) is 55.7 Å². The van der Waals surface area contributed by atoms with E-state index in [1.807, 2.05) is 42.5 Å². The first kappa shape index (κ1) is 19.5. The summed E-state index contributed by atoms with van der Waals surface area (Å²) in [7, 11) is 0. The fraction of sp³-hybridized carbons (Fsp3) is 0.0952. The molecule has 146 valence electrons. The molecule has 0 radical (unpaired) electrons. The van der Waals surface area contributed by atoms with Gasteiger partial charge in [0.2, 0.25) is 11.1 Å². The minimum Gasteiger partial charge on any atom is -0.336 e. The number of fused-ring (bicyclic) bond motifs is 1. The molecule has 0 saturated heterocycles. The number of anilines is 1. The molecule has 4 rings (SSSR count). The number of carbonyl (C=O) groups is 1. The van der Waals surface area contributed by atoms with Gasteiger partial charge < -0.3 is 11.2 Å². The smallest absolute Gasteiger partial charge is 0.234 e. The lowest BCUT2D eigenvalue weighted by Gasteiger charge is -2.07. The van der Waals surface area contributed by atoms with E-state index in [1.165, 1.54) is 27.2 Å². The number of benzene rings is 3. The van der Waals surface area contributed by atoms with Crippen LogP contribution in [0.3, 0.4) is 0 Å². The largest absolute Gasteiger partial charge is 0.336 e. The van der Waals surface area contributed by atoms with Crippen LogP contribution < -0.4 is 11.2 Å². The lowest BCUT2D eigenvalue weighted by atomic mass is 10.0. The minimum atomic E-state index is -0.133. The molecule has 0 aliphatic rings. The number of halogens is 1. The van der Waals surface area contributed by atoms with Gasteiger partial charge in [0.05, 0.1) is 5.75 Å². The molecule has 0 aliphatic heterocycles. The fourth-order valence-corrected chi connectivity index (χ4v) is 4.11. The maximum absolute atomic E-state index is 12.2. The number of nitrogens with two attached hydrogens (primary N) is 1. The number of amides is 1. The number of nitrogens with zero attached hydrogens (tertiary/aromatic N) is 3. The predicted molar refractivity (Wildman–Crippen MR) is 120 cm³/mol. The van der Waals surface area contributed by atoms with Gasteiger partial charge in [0, 0.05) is 16.6 Å². The van der Waals surface area contributed by atoms with Gasteiger partial charge in [-0.3, -0.25) is 4.79 Å². The van der Waals surface area contributed by atoms with Crippen LogP contribution in [-0.4, -0.2) is 26.5 Å². The summed E-state index contributed by atoms with van der Waals surface area (Å²) in [6.07, 6.45) is 0.565. The Morgan fingerprint density at radius 3 is 2.72 bits per heavy atom. The average molecular weight is 468 g/mol. The van der Waals surface area contributed by atoms with Gasteiger partial charge >= 0.3 is 0 Å². The number of nitrogen functional groups attached to an aromatic ring is 1. The molecule has 4 aromatic rings. The molecule has 0 unspecified atom stereocenters. The Morgan fingerprint density at radius 2 is 1.86 bits per heavy atom. The topological polar surface area (TPSA) is 85.8 Å². The molecule has 0 aliphatic carbocycles. The van der Waals surface area contributed by atoms with Gasteiger partial charge in [-0.15, -0.1) is 10.2 Å². The third-order valence-corrected chi connectivity index (χ3v) is 5.84. The van der Waals surface area contributed by atoms with Crippen LogP contribution in [0.4, 0.5) is 5.69 Å². The van der Waals surface area contributed by atoms with Crippen LogP contribution in [0.25, 0.3) is 10.8 Å². The van der Waals surface area contributed by atoms with Gasteiger partial charge in [0.25, 0.3) is 0 Å². The molecule has 1 aromatic heterocycles.